The van der Waals surface area contributed by atoms with E-state index in [0.29, 0.717) is 22.4 Å². The summed E-state index contributed by atoms with van der Waals surface area (Å²) in [4.78, 5) is 23.7. The number of rotatable bonds is 5. The van der Waals surface area contributed by atoms with Crippen LogP contribution in [0.25, 0.3) is 0 Å². The topological polar surface area (TPSA) is 61.8 Å². The lowest BCUT2D eigenvalue weighted by Gasteiger charge is -2.10. The third-order valence-electron chi connectivity index (χ3n) is 3.29. The molecule has 120 valence electrons. The SMILES string of the molecule is COC(=O)c1cccc(COC(=O)c2cc(C)ccc2OC)c1. The summed E-state index contributed by atoms with van der Waals surface area (Å²) < 4.78 is 15.2. The summed E-state index contributed by atoms with van der Waals surface area (Å²) in [6, 6.07) is 12.1. The van der Waals surface area contributed by atoms with Gasteiger partial charge < -0.3 is 14.2 Å². The second-order valence-electron chi connectivity index (χ2n) is 4.97. The highest BCUT2D eigenvalue weighted by molar-refractivity contribution is 5.93. The fourth-order valence-corrected chi connectivity index (χ4v) is 2.11. The van der Waals surface area contributed by atoms with E-state index in [4.69, 9.17) is 9.47 Å². The van der Waals surface area contributed by atoms with Gasteiger partial charge in [-0.05, 0) is 36.8 Å². The Hall–Kier alpha value is -2.82. The Bertz CT molecular complexity index is 721. The molecule has 0 atom stereocenters. The van der Waals surface area contributed by atoms with E-state index in [2.05, 4.69) is 4.74 Å². The van der Waals surface area contributed by atoms with Gasteiger partial charge in [-0.1, -0.05) is 23.8 Å². The molecule has 0 saturated heterocycles. The number of benzene rings is 2. The van der Waals surface area contributed by atoms with Crippen LogP contribution in [0.2, 0.25) is 0 Å². The van der Waals surface area contributed by atoms with E-state index in [1.165, 1.54) is 14.2 Å². The molecular weight excluding hydrogens is 296 g/mol. The molecule has 0 bridgehead atoms. The van der Waals surface area contributed by atoms with Gasteiger partial charge in [-0.25, -0.2) is 9.59 Å². The molecule has 2 aromatic rings. The zero-order chi connectivity index (χ0) is 16.8. The molecule has 2 aromatic carbocycles. The Morgan fingerprint density at radius 1 is 1.00 bits per heavy atom. The van der Waals surface area contributed by atoms with Crippen molar-refractivity contribution in [2.24, 2.45) is 0 Å². The first-order valence-corrected chi connectivity index (χ1v) is 7.04. The summed E-state index contributed by atoms with van der Waals surface area (Å²) in [6.07, 6.45) is 0. The largest absolute Gasteiger partial charge is 0.496 e. The number of hydrogen-bond donors (Lipinski definition) is 0. The van der Waals surface area contributed by atoms with Gasteiger partial charge in [-0.3, -0.25) is 0 Å². The lowest BCUT2D eigenvalue weighted by molar-refractivity contribution is 0.0469. The number of esters is 2. The van der Waals surface area contributed by atoms with Crippen LogP contribution in [0.1, 0.15) is 31.8 Å². The van der Waals surface area contributed by atoms with Crippen LogP contribution in [0.15, 0.2) is 42.5 Å². The van der Waals surface area contributed by atoms with E-state index in [1.54, 1.807) is 36.4 Å². The monoisotopic (exact) mass is 314 g/mol. The molecule has 0 aliphatic rings. The Kier molecular flexibility index (Phi) is 5.36. The van der Waals surface area contributed by atoms with E-state index >= 15 is 0 Å². The molecule has 2 rings (SSSR count). The Morgan fingerprint density at radius 2 is 1.78 bits per heavy atom. The van der Waals surface area contributed by atoms with Crippen LogP contribution >= 0.6 is 0 Å². The summed E-state index contributed by atoms with van der Waals surface area (Å²) in [6.45, 7) is 1.94. The van der Waals surface area contributed by atoms with Gasteiger partial charge in [0.05, 0.1) is 19.8 Å². The van der Waals surface area contributed by atoms with Crippen LogP contribution in [0.3, 0.4) is 0 Å². The normalized spacial score (nSPS) is 10.0. The zero-order valence-electron chi connectivity index (χ0n) is 13.3. The maximum atomic E-state index is 12.2. The van der Waals surface area contributed by atoms with E-state index in [1.807, 2.05) is 13.0 Å². The number of carbonyl (C=O) groups is 2. The molecule has 0 N–H and O–H groups in total. The van der Waals surface area contributed by atoms with E-state index in [0.717, 1.165) is 5.56 Å². The van der Waals surface area contributed by atoms with Gasteiger partial charge in [0.2, 0.25) is 0 Å². The number of ether oxygens (including phenoxy) is 3. The molecule has 0 radical (unpaired) electrons. The molecule has 0 aliphatic carbocycles. The van der Waals surface area contributed by atoms with Gasteiger partial charge in [0, 0.05) is 0 Å². The van der Waals surface area contributed by atoms with E-state index < -0.39 is 11.9 Å². The molecule has 5 nitrogen and oxygen atoms in total. The van der Waals surface area contributed by atoms with Crippen LogP contribution in [0.4, 0.5) is 0 Å². The molecule has 23 heavy (non-hydrogen) atoms. The zero-order valence-corrected chi connectivity index (χ0v) is 13.3. The Labute approximate surface area is 134 Å². The summed E-state index contributed by atoms with van der Waals surface area (Å²) in [7, 11) is 2.82. The molecular formula is C18H18O5. The van der Waals surface area contributed by atoms with Crippen molar-refractivity contribution >= 4 is 11.9 Å². The van der Waals surface area contributed by atoms with Crippen molar-refractivity contribution in [2.75, 3.05) is 14.2 Å². The third-order valence-corrected chi connectivity index (χ3v) is 3.29. The van der Waals surface area contributed by atoms with E-state index in [-0.39, 0.29) is 6.61 Å². The van der Waals surface area contributed by atoms with Gasteiger partial charge in [-0.15, -0.1) is 0 Å². The predicted octanol–water partition coefficient (Wildman–Crippen LogP) is 3.15. The minimum atomic E-state index is -0.478. The van der Waals surface area contributed by atoms with Gasteiger partial charge in [0.25, 0.3) is 0 Å². The van der Waals surface area contributed by atoms with Crippen molar-refractivity contribution in [3.8, 4) is 5.75 Å². The van der Waals surface area contributed by atoms with E-state index in [9.17, 15) is 9.59 Å². The smallest absolute Gasteiger partial charge is 0.342 e. The number of methoxy groups -OCH3 is 2. The van der Waals surface area contributed by atoms with Gasteiger partial charge in [-0.2, -0.15) is 0 Å². The van der Waals surface area contributed by atoms with Gasteiger partial charge in [0.1, 0.15) is 17.9 Å². The number of carbonyl (C=O) groups excluding carboxylic acids is 2. The average Bonchev–Trinajstić information content (AvgIpc) is 2.59. The van der Waals surface area contributed by atoms with Gasteiger partial charge in [0.15, 0.2) is 0 Å². The molecule has 0 saturated carbocycles. The number of aryl methyl sites for hydroxylation is 1. The average molecular weight is 314 g/mol. The van der Waals surface area contributed by atoms with Crippen molar-refractivity contribution < 1.29 is 23.8 Å². The van der Waals surface area contributed by atoms with Crippen molar-refractivity contribution in [2.45, 2.75) is 13.5 Å². The second kappa shape index (κ2) is 7.45. The maximum Gasteiger partial charge on any atom is 0.342 e. The van der Waals surface area contributed by atoms with Crippen molar-refractivity contribution in [3.63, 3.8) is 0 Å². The molecule has 0 aromatic heterocycles. The molecule has 0 fully saturated rings. The fourth-order valence-electron chi connectivity index (χ4n) is 2.11. The maximum absolute atomic E-state index is 12.2. The molecule has 0 spiro atoms. The van der Waals surface area contributed by atoms with Crippen LogP contribution < -0.4 is 4.74 Å². The summed E-state index contributed by atoms with van der Waals surface area (Å²) in [5.41, 5.74) is 2.42. The number of hydrogen-bond acceptors (Lipinski definition) is 5. The van der Waals surface area contributed by atoms with Crippen LogP contribution in [-0.2, 0) is 16.1 Å². The lowest BCUT2D eigenvalue weighted by Crippen LogP contribution is -2.08. The quantitative estimate of drug-likeness (QED) is 0.793. The first-order chi connectivity index (χ1) is 11.0. The standard InChI is InChI=1S/C18H18O5/c1-12-7-8-16(21-2)15(9-12)18(20)23-11-13-5-4-6-14(10-13)17(19)22-3/h4-10H,11H2,1-3H3. The van der Waals surface area contributed by atoms with Crippen LogP contribution in [0.5, 0.6) is 5.75 Å². The van der Waals surface area contributed by atoms with Crippen LogP contribution in [0, 0.1) is 6.92 Å². The Morgan fingerprint density at radius 3 is 2.48 bits per heavy atom. The first-order valence-electron chi connectivity index (χ1n) is 7.04. The summed E-state index contributed by atoms with van der Waals surface area (Å²) in [5.74, 6) is -0.448. The molecule has 0 heterocycles. The highest BCUT2D eigenvalue weighted by Gasteiger charge is 2.14. The second-order valence-corrected chi connectivity index (χ2v) is 4.97. The minimum Gasteiger partial charge on any atom is -0.496 e. The van der Waals surface area contributed by atoms with Crippen molar-refractivity contribution in [1.82, 2.24) is 0 Å². The van der Waals surface area contributed by atoms with Crippen molar-refractivity contribution in [3.05, 3.63) is 64.7 Å². The summed E-state index contributed by atoms with van der Waals surface area (Å²) >= 11 is 0. The predicted molar refractivity (Wildman–Crippen MR) is 84.6 cm³/mol. The Balaban J connectivity index is 2.10. The summed E-state index contributed by atoms with van der Waals surface area (Å²) in [5, 5.41) is 0. The molecule has 0 unspecified atom stereocenters. The lowest BCUT2D eigenvalue weighted by atomic mass is 10.1. The van der Waals surface area contributed by atoms with Crippen LogP contribution in [-0.4, -0.2) is 26.2 Å². The highest BCUT2D eigenvalue weighted by Crippen LogP contribution is 2.21. The third kappa shape index (κ3) is 4.10. The highest BCUT2D eigenvalue weighted by atomic mass is 16.5. The van der Waals surface area contributed by atoms with Crippen molar-refractivity contribution in [1.29, 1.82) is 0 Å². The molecule has 5 heteroatoms. The molecule has 0 amide bonds. The minimum absolute atomic E-state index is 0.0563. The first kappa shape index (κ1) is 16.5. The molecule has 0 aliphatic heterocycles. The van der Waals surface area contributed by atoms with Gasteiger partial charge >= 0.3 is 11.9 Å². The fraction of sp³-hybridized carbons (Fsp3) is 0.222.